The standard InChI is InChI=1S/C12H15NO3S/c1-10-4-6-11(7-5-10)17(14,15)13-12(2)8-3-9-16-12/h3-7,9,13H,8H2,1-2H3. The third kappa shape index (κ3) is 2.68. The first-order valence-electron chi connectivity index (χ1n) is 5.35. The molecule has 92 valence electrons. The SMILES string of the molecule is Cc1ccc(S(=O)(=O)NC2(C)CC=CO2)cc1. The topological polar surface area (TPSA) is 55.4 Å². The molecule has 0 fully saturated rings. The predicted octanol–water partition coefficient (Wildman–Crippen LogP) is 1.92. The zero-order valence-corrected chi connectivity index (χ0v) is 10.6. The Bertz CT molecular complexity index is 523. The van der Waals surface area contributed by atoms with Gasteiger partial charge in [-0.05, 0) is 32.1 Å². The molecule has 17 heavy (non-hydrogen) atoms. The summed E-state index contributed by atoms with van der Waals surface area (Å²) in [5, 5.41) is 0. The molecule has 2 rings (SSSR count). The Balaban J connectivity index is 2.22. The van der Waals surface area contributed by atoms with Crippen molar-refractivity contribution < 1.29 is 13.2 Å². The lowest BCUT2D eigenvalue weighted by Crippen LogP contribution is -2.45. The van der Waals surface area contributed by atoms with Crippen LogP contribution in [0.15, 0.2) is 41.5 Å². The van der Waals surface area contributed by atoms with E-state index in [1.54, 1.807) is 37.3 Å². The van der Waals surface area contributed by atoms with Gasteiger partial charge in [-0.1, -0.05) is 17.7 Å². The first-order valence-corrected chi connectivity index (χ1v) is 6.83. The Hall–Kier alpha value is -1.33. The van der Waals surface area contributed by atoms with Crippen LogP contribution < -0.4 is 4.72 Å². The van der Waals surface area contributed by atoms with Crippen LogP contribution in [0.1, 0.15) is 18.9 Å². The van der Waals surface area contributed by atoms with Crippen molar-refractivity contribution in [2.45, 2.75) is 30.9 Å². The van der Waals surface area contributed by atoms with Crippen LogP contribution in [0, 0.1) is 6.92 Å². The molecule has 1 aromatic carbocycles. The molecule has 1 aromatic rings. The van der Waals surface area contributed by atoms with Gasteiger partial charge in [-0.3, -0.25) is 0 Å². The molecule has 0 amide bonds. The van der Waals surface area contributed by atoms with Crippen molar-refractivity contribution in [3.05, 3.63) is 42.2 Å². The van der Waals surface area contributed by atoms with Gasteiger partial charge >= 0.3 is 0 Å². The van der Waals surface area contributed by atoms with Crippen LogP contribution in [0.4, 0.5) is 0 Å². The van der Waals surface area contributed by atoms with E-state index in [1.165, 1.54) is 6.26 Å². The summed E-state index contributed by atoms with van der Waals surface area (Å²) < 4.78 is 32.0. The molecule has 0 aromatic heterocycles. The number of hydrogen-bond acceptors (Lipinski definition) is 3. The minimum absolute atomic E-state index is 0.250. The van der Waals surface area contributed by atoms with Crippen molar-refractivity contribution in [2.75, 3.05) is 0 Å². The maximum atomic E-state index is 12.1. The lowest BCUT2D eigenvalue weighted by atomic mass is 10.2. The minimum Gasteiger partial charge on any atom is -0.480 e. The maximum Gasteiger partial charge on any atom is 0.243 e. The minimum atomic E-state index is -3.53. The summed E-state index contributed by atoms with van der Waals surface area (Å²) in [6.45, 7) is 3.62. The van der Waals surface area contributed by atoms with Crippen molar-refractivity contribution in [2.24, 2.45) is 0 Å². The van der Waals surface area contributed by atoms with Crippen molar-refractivity contribution >= 4 is 10.0 Å². The molecule has 1 atom stereocenters. The summed E-state index contributed by atoms with van der Waals surface area (Å²) >= 11 is 0. The molecule has 1 heterocycles. The van der Waals surface area contributed by atoms with Crippen LogP contribution in [0.5, 0.6) is 0 Å². The van der Waals surface area contributed by atoms with Gasteiger partial charge < -0.3 is 4.74 Å². The van der Waals surface area contributed by atoms with Gasteiger partial charge in [0.1, 0.15) is 0 Å². The zero-order chi connectivity index (χ0) is 12.5. The van der Waals surface area contributed by atoms with Crippen molar-refractivity contribution in [3.63, 3.8) is 0 Å². The van der Waals surface area contributed by atoms with Crippen LogP contribution in [-0.4, -0.2) is 14.1 Å². The lowest BCUT2D eigenvalue weighted by molar-refractivity contribution is 0.0525. The second-order valence-electron chi connectivity index (χ2n) is 4.34. The largest absolute Gasteiger partial charge is 0.480 e. The molecule has 5 heteroatoms. The molecule has 1 aliphatic rings. The Kier molecular flexibility index (Phi) is 2.97. The summed E-state index contributed by atoms with van der Waals surface area (Å²) in [4.78, 5) is 0.250. The van der Waals surface area contributed by atoms with E-state index in [0.717, 1.165) is 5.56 Å². The number of hydrogen-bond donors (Lipinski definition) is 1. The Morgan fingerprint density at radius 2 is 1.94 bits per heavy atom. The molecule has 0 aliphatic carbocycles. The third-order valence-electron chi connectivity index (χ3n) is 2.61. The van der Waals surface area contributed by atoms with Gasteiger partial charge in [-0.25, -0.2) is 8.42 Å². The van der Waals surface area contributed by atoms with Crippen molar-refractivity contribution in [1.29, 1.82) is 0 Å². The Morgan fingerprint density at radius 3 is 2.47 bits per heavy atom. The van der Waals surface area contributed by atoms with Crippen molar-refractivity contribution in [3.8, 4) is 0 Å². The summed E-state index contributed by atoms with van der Waals surface area (Å²) in [5.41, 5.74) is 0.151. The highest BCUT2D eigenvalue weighted by Gasteiger charge is 2.32. The molecule has 0 radical (unpaired) electrons. The highest BCUT2D eigenvalue weighted by molar-refractivity contribution is 7.89. The van der Waals surface area contributed by atoms with E-state index >= 15 is 0 Å². The lowest BCUT2D eigenvalue weighted by Gasteiger charge is -2.24. The second kappa shape index (κ2) is 4.16. The van der Waals surface area contributed by atoms with Crippen LogP contribution in [-0.2, 0) is 14.8 Å². The number of ether oxygens (including phenoxy) is 1. The average Bonchev–Trinajstić information content (AvgIpc) is 2.64. The monoisotopic (exact) mass is 253 g/mol. The van der Waals surface area contributed by atoms with Gasteiger partial charge in [0.05, 0.1) is 11.2 Å². The molecule has 0 saturated heterocycles. The highest BCUT2D eigenvalue weighted by atomic mass is 32.2. The molecule has 0 saturated carbocycles. The van der Waals surface area contributed by atoms with Gasteiger partial charge in [-0.15, -0.1) is 0 Å². The van der Waals surface area contributed by atoms with Crippen LogP contribution in [0.2, 0.25) is 0 Å². The van der Waals surface area contributed by atoms with Gasteiger partial charge in [0.15, 0.2) is 5.72 Å². The number of nitrogens with one attached hydrogen (secondary N) is 1. The first-order chi connectivity index (χ1) is 7.91. The fourth-order valence-corrected chi connectivity index (χ4v) is 2.96. The van der Waals surface area contributed by atoms with E-state index in [2.05, 4.69) is 4.72 Å². The van der Waals surface area contributed by atoms with E-state index < -0.39 is 15.7 Å². The average molecular weight is 253 g/mol. The van der Waals surface area contributed by atoms with Crippen molar-refractivity contribution in [1.82, 2.24) is 4.72 Å². The number of rotatable bonds is 3. The molecule has 1 N–H and O–H groups in total. The van der Waals surface area contributed by atoms with Crippen LogP contribution in [0.3, 0.4) is 0 Å². The van der Waals surface area contributed by atoms with Gasteiger partial charge in [0, 0.05) is 6.42 Å². The van der Waals surface area contributed by atoms with Gasteiger partial charge in [0.25, 0.3) is 0 Å². The molecule has 0 bridgehead atoms. The summed E-state index contributed by atoms with van der Waals surface area (Å²) in [6, 6.07) is 6.71. The Morgan fingerprint density at radius 1 is 1.29 bits per heavy atom. The summed E-state index contributed by atoms with van der Waals surface area (Å²) in [7, 11) is -3.53. The fraction of sp³-hybridized carbons (Fsp3) is 0.333. The molecule has 1 unspecified atom stereocenters. The maximum absolute atomic E-state index is 12.1. The number of aryl methyl sites for hydroxylation is 1. The van der Waals surface area contributed by atoms with E-state index in [0.29, 0.717) is 6.42 Å². The molecule has 0 spiro atoms. The first kappa shape index (κ1) is 12.1. The predicted molar refractivity (Wildman–Crippen MR) is 64.7 cm³/mol. The quantitative estimate of drug-likeness (QED) is 0.895. The molecule has 4 nitrogen and oxygen atoms in total. The van der Waals surface area contributed by atoms with Gasteiger partial charge in [-0.2, -0.15) is 4.72 Å². The van der Waals surface area contributed by atoms with Crippen LogP contribution >= 0.6 is 0 Å². The van der Waals surface area contributed by atoms with E-state index in [-0.39, 0.29) is 4.90 Å². The van der Waals surface area contributed by atoms with E-state index in [4.69, 9.17) is 4.74 Å². The zero-order valence-electron chi connectivity index (χ0n) is 9.80. The molecule has 1 aliphatic heterocycles. The smallest absolute Gasteiger partial charge is 0.243 e. The fourth-order valence-electron chi connectivity index (χ4n) is 1.65. The van der Waals surface area contributed by atoms with Gasteiger partial charge in [0.2, 0.25) is 10.0 Å². The molecular weight excluding hydrogens is 238 g/mol. The Labute approximate surface area is 101 Å². The molecular formula is C12H15NO3S. The summed E-state index contributed by atoms with van der Waals surface area (Å²) in [5.74, 6) is 0. The normalized spacial score (nSPS) is 23.6. The van der Waals surface area contributed by atoms with Crippen LogP contribution in [0.25, 0.3) is 0 Å². The number of benzene rings is 1. The van der Waals surface area contributed by atoms with E-state index in [9.17, 15) is 8.42 Å². The van der Waals surface area contributed by atoms with E-state index in [1.807, 2.05) is 6.92 Å². The highest BCUT2D eigenvalue weighted by Crippen LogP contribution is 2.22. The third-order valence-corrected chi connectivity index (χ3v) is 4.21. The summed E-state index contributed by atoms with van der Waals surface area (Å²) in [6.07, 6.45) is 3.83. The number of sulfonamides is 1. The second-order valence-corrected chi connectivity index (χ2v) is 6.03.